The Hall–Kier alpha value is -0.610. The Morgan fingerprint density at radius 1 is 1.27 bits per heavy atom. The van der Waals surface area contributed by atoms with E-state index in [0.29, 0.717) is 30.0 Å². The van der Waals surface area contributed by atoms with Crippen molar-refractivity contribution in [1.82, 2.24) is 10.2 Å². The molecule has 1 heterocycles. The summed E-state index contributed by atoms with van der Waals surface area (Å²) in [6, 6.07) is 0.993. The molecule has 1 amide bonds. The summed E-state index contributed by atoms with van der Waals surface area (Å²) < 4.78 is 5.81. The van der Waals surface area contributed by atoms with Gasteiger partial charge in [-0.3, -0.25) is 4.79 Å². The van der Waals surface area contributed by atoms with Gasteiger partial charge in [-0.15, -0.1) is 0 Å². The number of carbonyl (C=O) groups excluding carboxylic acids is 1. The van der Waals surface area contributed by atoms with E-state index in [9.17, 15) is 4.79 Å². The monoisotopic (exact) mass is 308 g/mol. The van der Waals surface area contributed by atoms with Gasteiger partial charge in [0.2, 0.25) is 5.91 Å². The van der Waals surface area contributed by atoms with Crippen LogP contribution in [0.25, 0.3) is 0 Å². The van der Waals surface area contributed by atoms with Gasteiger partial charge in [-0.05, 0) is 32.6 Å². The fourth-order valence-electron chi connectivity index (χ4n) is 4.46. The average Bonchev–Trinajstić information content (AvgIpc) is 3.17. The van der Waals surface area contributed by atoms with E-state index in [-0.39, 0.29) is 5.41 Å². The van der Waals surface area contributed by atoms with Crippen LogP contribution >= 0.6 is 0 Å². The van der Waals surface area contributed by atoms with Gasteiger partial charge in [0.15, 0.2) is 0 Å². The summed E-state index contributed by atoms with van der Waals surface area (Å²) in [6.07, 6.45) is 7.28. The second-order valence-electron chi connectivity index (χ2n) is 7.97. The van der Waals surface area contributed by atoms with E-state index >= 15 is 0 Å². The number of rotatable bonds is 5. The van der Waals surface area contributed by atoms with Gasteiger partial charge in [0.25, 0.3) is 0 Å². The molecule has 3 fully saturated rings. The lowest BCUT2D eigenvalue weighted by Gasteiger charge is -2.52. The molecule has 3 atom stereocenters. The van der Waals surface area contributed by atoms with Crippen LogP contribution < -0.4 is 5.32 Å². The fourth-order valence-corrected chi connectivity index (χ4v) is 4.46. The molecule has 2 saturated carbocycles. The Labute approximate surface area is 135 Å². The Bertz CT molecular complexity index is 404. The molecular weight excluding hydrogens is 276 g/mol. The zero-order valence-electron chi connectivity index (χ0n) is 14.4. The number of nitrogens with one attached hydrogen (secondary N) is 1. The van der Waals surface area contributed by atoms with Gasteiger partial charge in [-0.2, -0.15) is 0 Å². The molecule has 1 saturated heterocycles. The van der Waals surface area contributed by atoms with E-state index in [1.807, 2.05) is 0 Å². The summed E-state index contributed by atoms with van der Waals surface area (Å²) in [5.74, 6) is 0.739. The molecule has 4 heteroatoms. The average molecular weight is 308 g/mol. The first-order valence-corrected chi connectivity index (χ1v) is 9.18. The third-order valence-electron chi connectivity index (χ3n) is 6.19. The minimum atomic E-state index is 0.207. The Morgan fingerprint density at radius 2 is 2.00 bits per heavy atom. The lowest BCUT2D eigenvalue weighted by molar-refractivity contribution is -0.134. The maximum Gasteiger partial charge on any atom is 0.225 e. The van der Waals surface area contributed by atoms with Gasteiger partial charge in [-0.1, -0.05) is 26.7 Å². The van der Waals surface area contributed by atoms with Crippen LogP contribution in [0.2, 0.25) is 0 Å². The molecule has 0 aromatic rings. The number of hydrogen-bond donors (Lipinski definition) is 1. The number of nitrogens with zero attached hydrogens (tertiary/aromatic N) is 1. The standard InChI is InChI=1S/C18H32N2O2/c1-4-22-16-11-15(18(16,2)3)19-14-9-10-20(12-14)17(21)13-7-5-6-8-13/h13-16,19H,4-12H2,1-3H3/t14-,15+,16+/m0/s1. The summed E-state index contributed by atoms with van der Waals surface area (Å²) >= 11 is 0. The lowest BCUT2D eigenvalue weighted by atomic mass is 9.64. The highest BCUT2D eigenvalue weighted by Crippen LogP contribution is 2.43. The van der Waals surface area contributed by atoms with Crippen LogP contribution in [0.4, 0.5) is 0 Å². The Kier molecular flexibility index (Phi) is 4.79. The summed E-state index contributed by atoms with van der Waals surface area (Å²) in [6.45, 7) is 9.31. The third kappa shape index (κ3) is 3.05. The minimum absolute atomic E-state index is 0.207. The van der Waals surface area contributed by atoms with Gasteiger partial charge >= 0.3 is 0 Å². The molecule has 1 N–H and O–H groups in total. The van der Waals surface area contributed by atoms with E-state index < -0.39 is 0 Å². The molecule has 22 heavy (non-hydrogen) atoms. The molecule has 0 aromatic carbocycles. The SMILES string of the molecule is CCO[C@@H]1C[C@@H](N[C@H]2CCN(C(=O)C3CCCC3)C2)C1(C)C. The molecule has 126 valence electrons. The van der Waals surface area contributed by atoms with Gasteiger partial charge < -0.3 is 15.0 Å². The highest BCUT2D eigenvalue weighted by molar-refractivity contribution is 5.79. The maximum absolute atomic E-state index is 12.5. The zero-order valence-corrected chi connectivity index (χ0v) is 14.4. The molecule has 4 nitrogen and oxygen atoms in total. The maximum atomic E-state index is 12.5. The van der Waals surface area contributed by atoms with Crippen molar-refractivity contribution in [3.63, 3.8) is 0 Å². The van der Waals surface area contributed by atoms with Crippen LogP contribution in [0.15, 0.2) is 0 Å². The topological polar surface area (TPSA) is 41.6 Å². The predicted octanol–water partition coefficient (Wildman–Crippen LogP) is 2.57. The van der Waals surface area contributed by atoms with Crippen LogP contribution in [0.1, 0.15) is 59.3 Å². The van der Waals surface area contributed by atoms with Crippen molar-refractivity contribution in [2.75, 3.05) is 19.7 Å². The first-order chi connectivity index (χ1) is 10.5. The molecule has 0 radical (unpaired) electrons. The third-order valence-corrected chi connectivity index (χ3v) is 6.19. The number of hydrogen-bond acceptors (Lipinski definition) is 3. The smallest absolute Gasteiger partial charge is 0.225 e. The normalized spacial score (nSPS) is 34.9. The molecule has 2 aliphatic carbocycles. The summed E-state index contributed by atoms with van der Waals surface area (Å²) in [7, 11) is 0. The Morgan fingerprint density at radius 3 is 2.64 bits per heavy atom. The number of ether oxygens (including phenoxy) is 1. The quantitative estimate of drug-likeness (QED) is 0.849. The van der Waals surface area contributed by atoms with E-state index in [0.717, 1.165) is 45.4 Å². The van der Waals surface area contributed by atoms with Crippen LogP contribution in [0.5, 0.6) is 0 Å². The van der Waals surface area contributed by atoms with E-state index in [1.54, 1.807) is 0 Å². The van der Waals surface area contributed by atoms with Crippen LogP contribution in [-0.2, 0) is 9.53 Å². The highest BCUT2D eigenvalue weighted by atomic mass is 16.5. The fraction of sp³-hybridized carbons (Fsp3) is 0.944. The largest absolute Gasteiger partial charge is 0.378 e. The molecule has 0 aromatic heterocycles. The molecule has 0 unspecified atom stereocenters. The predicted molar refractivity (Wildman–Crippen MR) is 87.7 cm³/mol. The van der Waals surface area contributed by atoms with Crippen molar-refractivity contribution in [2.45, 2.75) is 77.5 Å². The van der Waals surface area contributed by atoms with Gasteiger partial charge in [-0.25, -0.2) is 0 Å². The Balaban J connectivity index is 1.46. The van der Waals surface area contributed by atoms with Crippen molar-refractivity contribution >= 4 is 5.91 Å². The molecule has 3 rings (SSSR count). The first kappa shape index (κ1) is 16.3. The summed E-state index contributed by atoms with van der Waals surface area (Å²) in [4.78, 5) is 14.6. The van der Waals surface area contributed by atoms with Crippen molar-refractivity contribution in [3.8, 4) is 0 Å². The van der Waals surface area contributed by atoms with Gasteiger partial charge in [0.1, 0.15) is 0 Å². The van der Waals surface area contributed by atoms with Crippen LogP contribution in [-0.4, -0.2) is 48.7 Å². The summed E-state index contributed by atoms with van der Waals surface area (Å²) in [5.41, 5.74) is 0.207. The van der Waals surface area contributed by atoms with Crippen LogP contribution in [0, 0.1) is 11.3 Å². The van der Waals surface area contributed by atoms with Gasteiger partial charge in [0, 0.05) is 43.1 Å². The van der Waals surface area contributed by atoms with Crippen molar-refractivity contribution in [3.05, 3.63) is 0 Å². The minimum Gasteiger partial charge on any atom is -0.378 e. The molecular formula is C18H32N2O2. The van der Waals surface area contributed by atoms with E-state index in [2.05, 4.69) is 31.0 Å². The second kappa shape index (κ2) is 6.48. The van der Waals surface area contributed by atoms with Gasteiger partial charge in [0.05, 0.1) is 6.10 Å². The van der Waals surface area contributed by atoms with E-state index in [4.69, 9.17) is 4.74 Å². The molecule has 1 aliphatic heterocycles. The second-order valence-corrected chi connectivity index (χ2v) is 7.97. The zero-order chi connectivity index (χ0) is 15.7. The first-order valence-electron chi connectivity index (χ1n) is 9.18. The molecule has 0 bridgehead atoms. The summed E-state index contributed by atoms with van der Waals surface area (Å²) in [5, 5.41) is 3.80. The number of likely N-dealkylation sites (tertiary alicyclic amines) is 1. The van der Waals surface area contributed by atoms with Crippen molar-refractivity contribution < 1.29 is 9.53 Å². The van der Waals surface area contributed by atoms with Crippen molar-refractivity contribution in [1.29, 1.82) is 0 Å². The van der Waals surface area contributed by atoms with Crippen LogP contribution in [0.3, 0.4) is 0 Å². The van der Waals surface area contributed by atoms with Crippen molar-refractivity contribution in [2.24, 2.45) is 11.3 Å². The van der Waals surface area contributed by atoms with E-state index in [1.165, 1.54) is 12.8 Å². The number of amides is 1. The highest BCUT2D eigenvalue weighted by Gasteiger charge is 2.49. The molecule has 3 aliphatic rings. The number of carbonyl (C=O) groups is 1. The molecule has 0 spiro atoms. The lowest BCUT2D eigenvalue weighted by Crippen LogP contribution is -2.63.